The molecule has 3 aromatic heterocycles. The average Bonchev–Trinajstić information content (AvgIpc) is 2.76. The van der Waals surface area contributed by atoms with Gasteiger partial charge in [-0.1, -0.05) is 18.6 Å². The fraction of sp³-hybridized carbons (Fsp3) is 0.318. The van der Waals surface area contributed by atoms with Gasteiger partial charge in [0.1, 0.15) is 12.4 Å². The van der Waals surface area contributed by atoms with Crippen molar-refractivity contribution in [1.29, 1.82) is 0 Å². The minimum absolute atomic E-state index is 0.674. The van der Waals surface area contributed by atoms with E-state index < -0.39 is 0 Å². The predicted molar refractivity (Wildman–Crippen MR) is 106 cm³/mol. The van der Waals surface area contributed by atoms with Crippen LogP contribution < -0.4 is 4.74 Å². The quantitative estimate of drug-likeness (QED) is 0.663. The van der Waals surface area contributed by atoms with E-state index in [1.165, 1.54) is 32.4 Å². The summed E-state index contributed by atoms with van der Waals surface area (Å²) in [6, 6.07) is 15.6. The van der Waals surface area contributed by atoms with Crippen LogP contribution >= 0.6 is 0 Å². The van der Waals surface area contributed by atoms with Crippen LogP contribution in [0.5, 0.6) is 5.75 Å². The van der Waals surface area contributed by atoms with Crippen LogP contribution in [0.2, 0.25) is 0 Å². The Labute approximate surface area is 160 Å². The summed E-state index contributed by atoms with van der Waals surface area (Å²) in [4.78, 5) is 16.1. The third kappa shape index (κ3) is 4.68. The zero-order valence-corrected chi connectivity index (χ0v) is 15.4. The van der Waals surface area contributed by atoms with Crippen molar-refractivity contribution in [2.45, 2.75) is 19.3 Å². The van der Waals surface area contributed by atoms with Crippen LogP contribution in [0.3, 0.4) is 0 Å². The first-order valence-corrected chi connectivity index (χ1v) is 9.58. The molecule has 1 aliphatic heterocycles. The van der Waals surface area contributed by atoms with E-state index in [0.29, 0.717) is 6.61 Å². The van der Waals surface area contributed by atoms with E-state index in [0.717, 1.165) is 35.1 Å². The second kappa shape index (κ2) is 8.73. The summed E-state index contributed by atoms with van der Waals surface area (Å²) < 4.78 is 6.10. The van der Waals surface area contributed by atoms with Crippen molar-refractivity contribution in [2.24, 2.45) is 0 Å². The Kier molecular flexibility index (Phi) is 5.70. The first-order chi connectivity index (χ1) is 13.4. The highest BCUT2D eigenvalue weighted by atomic mass is 16.5. The van der Waals surface area contributed by atoms with E-state index in [2.05, 4.69) is 14.9 Å². The lowest BCUT2D eigenvalue weighted by molar-refractivity contribution is 0.183. The van der Waals surface area contributed by atoms with Crippen molar-refractivity contribution >= 4 is 0 Å². The summed E-state index contributed by atoms with van der Waals surface area (Å²) in [6.07, 6.45) is 7.50. The van der Waals surface area contributed by atoms with Gasteiger partial charge in [0.05, 0.1) is 22.8 Å². The third-order valence-corrected chi connectivity index (χ3v) is 4.78. The maximum absolute atomic E-state index is 6.10. The van der Waals surface area contributed by atoms with Gasteiger partial charge in [0.25, 0.3) is 0 Å². The maximum atomic E-state index is 6.10. The van der Waals surface area contributed by atoms with Crippen molar-refractivity contribution in [3.8, 4) is 28.5 Å². The summed E-state index contributed by atoms with van der Waals surface area (Å²) in [7, 11) is 0. The van der Waals surface area contributed by atoms with Crippen LogP contribution in [0.25, 0.3) is 22.8 Å². The molecule has 27 heavy (non-hydrogen) atoms. The van der Waals surface area contributed by atoms with E-state index in [9.17, 15) is 0 Å². The fourth-order valence-electron chi connectivity index (χ4n) is 3.36. The van der Waals surface area contributed by atoms with Gasteiger partial charge in [-0.25, -0.2) is 4.98 Å². The molecule has 0 radical (unpaired) electrons. The van der Waals surface area contributed by atoms with Crippen LogP contribution in [-0.4, -0.2) is 46.1 Å². The van der Waals surface area contributed by atoms with Crippen molar-refractivity contribution in [2.75, 3.05) is 26.2 Å². The molecule has 3 aromatic rings. The molecule has 1 saturated heterocycles. The molecule has 0 N–H and O–H groups in total. The van der Waals surface area contributed by atoms with Gasteiger partial charge >= 0.3 is 0 Å². The summed E-state index contributed by atoms with van der Waals surface area (Å²) in [5, 5.41) is 0. The Morgan fingerprint density at radius 1 is 0.778 bits per heavy atom. The topological polar surface area (TPSA) is 51.1 Å². The molecule has 0 spiro atoms. The van der Waals surface area contributed by atoms with Crippen LogP contribution in [0, 0.1) is 0 Å². The Morgan fingerprint density at radius 3 is 1.96 bits per heavy atom. The van der Waals surface area contributed by atoms with Crippen molar-refractivity contribution in [3.05, 3.63) is 60.9 Å². The fourth-order valence-corrected chi connectivity index (χ4v) is 3.36. The molecule has 5 nitrogen and oxygen atoms in total. The Hall–Kier alpha value is -2.79. The number of pyridine rings is 3. The van der Waals surface area contributed by atoms with Gasteiger partial charge in [-0.05, 0) is 50.2 Å². The summed E-state index contributed by atoms with van der Waals surface area (Å²) in [6.45, 7) is 3.99. The monoisotopic (exact) mass is 360 g/mol. The third-order valence-electron chi connectivity index (χ3n) is 4.78. The number of ether oxygens (including phenoxy) is 1. The van der Waals surface area contributed by atoms with Crippen molar-refractivity contribution in [3.63, 3.8) is 0 Å². The van der Waals surface area contributed by atoms with Gasteiger partial charge in [0.2, 0.25) is 0 Å². The zero-order valence-electron chi connectivity index (χ0n) is 15.4. The molecular weight excluding hydrogens is 336 g/mol. The van der Waals surface area contributed by atoms with E-state index >= 15 is 0 Å². The highest BCUT2D eigenvalue weighted by Gasteiger charge is 2.12. The van der Waals surface area contributed by atoms with E-state index in [4.69, 9.17) is 9.72 Å². The van der Waals surface area contributed by atoms with Gasteiger partial charge < -0.3 is 4.74 Å². The lowest BCUT2D eigenvalue weighted by atomic mass is 10.1. The number of nitrogens with zero attached hydrogens (tertiary/aromatic N) is 4. The highest BCUT2D eigenvalue weighted by molar-refractivity contribution is 5.64. The Morgan fingerprint density at radius 2 is 1.41 bits per heavy atom. The smallest absolute Gasteiger partial charge is 0.123 e. The minimum atomic E-state index is 0.674. The number of likely N-dealkylation sites (tertiary alicyclic amines) is 1. The second-order valence-corrected chi connectivity index (χ2v) is 6.75. The lowest BCUT2D eigenvalue weighted by Crippen LogP contribution is -2.33. The molecule has 138 valence electrons. The van der Waals surface area contributed by atoms with E-state index in [1.807, 2.05) is 48.5 Å². The Bertz CT molecular complexity index is 791. The van der Waals surface area contributed by atoms with Crippen LogP contribution in [0.4, 0.5) is 0 Å². The summed E-state index contributed by atoms with van der Waals surface area (Å²) >= 11 is 0. The molecule has 0 saturated carbocycles. The van der Waals surface area contributed by atoms with Crippen molar-refractivity contribution in [1.82, 2.24) is 19.9 Å². The van der Waals surface area contributed by atoms with Crippen LogP contribution in [-0.2, 0) is 0 Å². The van der Waals surface area contributed by atoms with Gasteiger partial charge in [-0.2, -0.15) is 0 Å². The second-order valence-electron chi connectivity index (χ2n) is 6.75. The van der Waals surface area contributed by atoms with E-state index in [1.54, 1.807) is 12.4 Å². The van der Waals surface area contributed by atoms with Gasteiger partial charge in [-0.15, -0.1) is 0 Å². The molecule has 4 heterocycles. The molecule has 0 amide bonds. The normalized spacial score (nSPS) is 14.8. The number of aromatic nitrogens is 3. The molecule has 5 heteroatoms. The molecule has 1 fully saturated rings. The Balaban J connectivity index is 1.56. The predicted octanol–water partition coefficient (Wildman–Crippen LogP) is 4.07. The zero-order chi connectivity index (χ0) is 18.3. The first-order valence-electron chi connectivity index (χ1n) is 9.58. The molecular formula is C22H24N4O. The van der Waals surface area contributed by atoms with Crippen LogP contribution in [0.1, 0.15) is 19.3 Å². The first kappa shape index (κ1) is 17.6. The number of hydrogen-bond acceptors (Lipinski definition) is 5. The number of piperidine rings is 1. The summed E-state index contributed by atoms with van der Waals surface area (Å²) in [5.41, 5.74) is 3.26. The summed E-state index contributed by atoms with van der Waals surface area (Å²) in [5.74, 6) is 0.809. The lowest BCUT2D eigenvalue weighted by Gasteiger charge is -2.26. The number of rotatable bonds is 6. The number of hydrogen-bond donors (Lipinski definition) is 0. The highest BCUT2D eigenvalue weighted by Crippen LogP contribution is 2.26. The molecule has 4 rings (SSSR count). The van der Waals surface area contributed by atoms with Crippen molar-refractivity contribution < 1.29 is 4.74 Å². The molecule has 0 bridgehead atoms. The minimum Gasteiger partial charge on any atom is -0.492 e. The van der Waals surface area contributed by atoms with Gasteiger partial charge in [0.15, 0.2) is 0 Å². The molecule has 0 atom stereocenters. The molecule has 0 aromatic carbocycles. The average molecular weight is 360 g/mol. The molecule has 0 aliphatic carbocycles. The van der Waals surface area contributed by atoms with Gasteiger partial charge in [0, 0.05) is 31.1 Å². The standard InChI is InChI=1S/C22H24N4O/c1-6-12-26(13-7-1)14-15-27-18-16-21(19-8-2-4-10-23-19)25-22(17-18)20-9-3-5-11-24-20/h2-5,8-11,16-17H,1,6-7,12-15H2. The van der Waals surface area contributed by atoms with E-state index in [-0.39, 0.29) is 0 Å². The van der Waals surface area contributed by atoms with Crippen LogP contribution in [0.15, 0.2) is 60.9 Å². The molecule has 0 unspecified atom stereocenters. The maximum Gasteiger partial charge on any atom is 0.123 e. The SMILES string of the molecule is c1ccc(-c2cc(OCCN3CCCCC3)cc(-c3ccccn3)n2)nc1. The van der Waals surface area contributed by atoms with Gasteiger partial charge in [-0.3, -0.25) is 14.9 Å². The largest absolute Gasteiger partial charge is 0.492 e. The molecule has 1 aliphatic rings.